The minimum absolute atomic E-state index is 0.245. The zero-order valence-electron chi connectivity index (χ0n) is 8.93. The van der Waals surface area contributed by atoms with Crippen LogP contribution in [0.5, 0.6) is 0 Å². The summed E-state index contributed by atoms with van der Waals surface area (Å²) in [6.45, 7) is 4.14. The molecule has 2 bridgehead atoms. The zero-order chi connectivity index (χ0) is 10.9. The molecule has 1 saturated heterocycles. The van der Waals surface area contributed by atoms with Crippen LogP contribution in [0.1, 0.15) is 22.5 Å². The Morgan fingerprint density at radius 3 is 3.06 bits per heavy atom. The average molecular weight is 231 g/mol. The summed E-state index contributed by atoms with van der Waals surface area (Å²) in [5.74, 6) is 1.57. The van der Waals surface area contributed by atoms with Gasteiger partial charge in [0.1, 0.15) is 0 Å². The Morgan fingerprint density at radius 2 is 2.38 bits per heavy atom. The minimum atomic E-state index is 0.245. The molecule has 4 atom stereocenters. The number of piperidine rings is 1. The molecule has 82 valence electrons. The minimum Gasteiger partial charge on any atom is -0.327 e. The van der Waals surface area contributed by atoms with Gasteiger partial charge in [-0.25, -0.2) is 0 Å². The summed E-state index contributed by atoms with van der Waals surface area (Å²) in [6.07, 6.45) is 2.43. The number of carbonyl (C=O) groups is 1. The van der Waals surface area contributed by atoms with Crippen LogP contribution in [0.15, 0.2) is 29.7 Å². The third kappa shape index (κ3) is 0.950. The van der Waals surface area contributed by atoms with E-state index in [2.05, 4.69) is 11.5 Å². The van der Waals surface area contributed by atoms with E-state index in [9.17, 15) is 4.79 Å². The van der Waals surface area contributed by atoms with Crippen LogP contribution in [0.3, 0.4) is 0 Å². The molecule has 2 aliphatic carbocycles. The maximum atomic E-state index is 12.2. The highest BCUT2D eigenvalue weighted by Crippen LogP contribution is 2.60. The standard InChI is InChI=1S/C13H13NOS/c1-7-5-8-6-9(7)12-11(8)14(12)13(15)10-3-2-4-16-10/h2-4,8-9,11-12H,1,5-6H2/t8-,9-,11+,12-,14?/m1/s1. The van der Waals surface area contributed by atoms with Crippen molar-refractivity contribution in [1.29, 1.82) is 0 Å². The highest BCUT2D eigenvalue weighted by Gasteiger charge is 2.66. The normalized spacial score (nSPS) is 39.0. The van der Waals surface area contributed by atoms with Crippen LogP contribution in [0.4, 0.5) is 0 Å². The lowest BCUT2D eigenvalue weighted by Gasteiger charge is -2.10. The van der Waals surface area contributed by atoms with Gasteiger partial charge in [-0.15, -0.1) is 11.3 Å². The third-order valence-corrected chi connectivity index (χ3v) is 5.23. The Balaban J connectivity index is 1.62. The maximum absolute atomic E-state index is 12.2. The number of hydrogen-bond donors (Lipinski definition) is 0. The van der Waals surface area contributed by atoms with Gasteiger partial charge in [0, 0.05) is 5.92 Å². The maximum Gasteiger partial charge on any atom is 0.264 e. The van der Waals surface area contributed by atoms with Crippen LogP contribution in [0.25, 0.3) is 0 Å². The molecule has 0 unspecified atom stereocenters. The first-order valence-corrected chi connectivity index (χ1v) is 6.69. The molecule has 1 aromatic rings. The number of fused-ring (bicyclic) bond motifs is 5. The largest absolute Gasteiger partial charge is 0.327 e. The van der Waals surface area contributed by atoms with E-state index < -0.39 is 0 Å². The van der Waals surface area contributed by atoms with Crippen LogP contribution >= 0.6 is 11.3 Å². The molecule has 1 aliphatic heterocycles. The van der Waals surface area contributed by atoms with E-state index in [1.54, 1.807) is 11.3 Å². The Bertz CT molecular complexity index is 478. The molecular weight excluding hydrogens is 218 g/mol. The first-order chi connectivity index (χ1) is 7.77. The summed E-state index contributed by atoms with van der Waals surface area (Å²) in [4.78, 5) is 15.2. The van der Waals surface area contributed by atoms with Gasteiger partial charge in [-0.3, -0.25) is 4.79 Å². The second-order valence-corrected chi connectivity index (χ2v) is 6.08. The molecule has 2 heterocycles. The lowest BCUT2D eigenvalue weighted by atomic mass is 9.96. The number of rotatable bonds is 1. The Kier molecular flexibility index (Phi) is 1.56. The number of thiophene rings is 1. The van der Waals surface area contributed by atoms with Gasteiger partial charge >= 0.3 is 0 Å². The summed E-state index contributed by atoms with van der Waals surface area (Å²) in [5, 5.41) is 1.97. The van der Waals surface area contributed by atoms with Crippen molar-refractivity contribution in [3.05, 3.63) is 34.5 Å². The molecule has 1 aromatic heterocycles. The van der Waals surface area contributed by atoms with Crippen LogP contribution in [0.2, 0.25) is 0 Å². The van der Waals surface area contributed by atoms with Crippen molar-refractivity contribution in [2.24, 2.45) is 11.8 Å². The first-order valence-electron chi connectivity index (χ1n) is 5.81. The van der Waals surface area contributed by atoms with E-state index in [0.29, 0.717) is 23.9 Å². The van der Waals surface area contributed by atoms with Crippen molar-refractivity contribution in [3.8, 4) is 0 Å². The predicted molar refractivity (Wildman–Crippen MR) is 63.4 cm³/mol. The van der Waals surface area contributed by atoms with Gasteiger partial charge in [-0.05, 0) is 30.2 Å². The summed E-state index contributed by atoms with van der Waals surface area (Å²) >= 11 is 1.55. The Labute approximate surface area is 98.6 Å². The van der Waals surface area contributed by atoms with E-state index in [1.807, 2.05) is 17.5 Å². The molecule has 3 fully saturated rings. The summed E-state index contributed by atoms with van der Waals surface area (Å²) in [5.41, 5.74) is 1.38. The molecule has 0 radical (unpaired) electrons. The van der Waals surface area contributed by atoms with Crippen LogP contribution in [0, 0.1) is 11.8 Å². The summed E-state index contributed by atoms with van der Waals surface area (Å²) < 4.78 is 0. The van der Waals surface area contributed by atoms with Gasteiger partial charge in [0.25, 0.3) is 5.91 Å². The highest BCUT2D eigenvalue weighted by atomic mass is 32.1. The van der Waals surface area contributed by atoms with Crippen molar-refractivity contribution >= 4 is 17.2 Å². The molecule has 2 nitrogen and oxygen atoms in total. The summed E-state index contributed by atoms with van der Waals surface area (Å²) in [6, 6.07) is 4.92. The number of nitrogens with zero attached hydrogens (tertiary/aromatic N) is 1. The highest BCUT2D eigenvalue weighted by molar-refractivity contribution is 7.12. The summed E-state index contributed by atoms with van der Waals surface area (Å²) in [7, 11) is 0. The van der Waals surface area contributed by atoms with E-state index in [0.717, 1.165) is 11.3 Å². The molecule has 3 aliphatic rings. The molecule has 2 saturated carbocycles. The van der Waals surface area contributed by atoms with Gasteiger partial charge in [-0.2, -0.15) is 0 Å². The van der Waals surface area contributed by atoms with Crippen molar-refractivity contribution in [3.63, 3.8) is 0 Å². The fourth-order valence-electron chi connectivity index (χ4n) is 3.71. The molecule has 0 spiro atoms. The van der Waals surface area contributed by atoms with Gasteiger partial charge in [0.15, 0.2) is 0 Å². The molecule has 16 heavy (non-hydrogen) atoms. The van der Waals surface area contributed by atoms with Gasteiger partial charge in [0.2, 0.25) is 0 Å². The molecular formula is C13H13NOS. The monoisotopic (exact) mass is 231 g/mol. The van der Waals surface area contributed by atoms with E-state index in [-0.39, 0.29) is 5.91 Å². The Hall–Kier alpha value is -1.09. The first kappa shape index (κ1) is 8.99. The third-order valence-electron chi connectivity index (χ3n) is 4.37. The van der Waals surface area contributed by atoms with Crippen LogP contribution < -0.4 is 0 Å². The number of amides is 1. The fraction of sp³-hybridized carbons (Fsp3) is 0.462. The lowest BCUT2D eigenvalue weighted by molar-refractivity contribution is 0.0848. The second-order valence-electron chi connectivity index (χ2n) is 5.14. The molecule has 4 rings (SSSR count). The van der Waals surface area contributed by atoms with Crippen molar-refractivity contribution in [2.45, 2.75) is 24.9 Å². The van der Waals surface area contributed by atoms with E-state index >= 15 is 0 Å². The van der Waals surface area contributed by atoms with Gasteiger partial charge in [0.05, 0.1) is 17.0 Å². The molecule has 1 amide bonds. The van der Waals surface area contributed by atoms with Crippen LogP contribution in [-0.2, 0) is 0 Å². The second kappa shape index (κ2) is 2.77. The van der Waals surface area contributed by atoms with Gasteiger partial charge < -0.3 is 4.90 Å². The quantitative estimate of drug-likeness (QED) is 0.537. The molecule has 3 heteroatoms. The van der Waals surface area contributed by atoms with E-state index in [4.69, 9.17) is 0 Å². The van der Waals surface area contributed by atoms with Crippen LogP contribution in [-0.4, -0.2) is 22.9 Å². The fourth-order valence-corrected chi connectivity index (χ4v) is 4.38. The van der Waals surface area contributed by atoms with Gasteiger partial charge in [-0.1, -0.05) is 18.2 Å². The topological polar surface area (TPSA) is 20.1 Å². The Morgan fingerprint density at radius 1 is 1.50 bits per heavy atom. The lowest BCUT2D eigenvalue weighted by Crippen LogP contribution is -2.19. The predicted octanol–water partition coefficient (Wildman–Crippen LogP) is 2.54. The molecule has 0 N–H and O–H groups in total. The van der Waals surface area contributed by atoms with Crippen molar-refractivity contribution < 1.29 is 4.79 Å². The smallest absolute Gasteiger partial charge is 0.264 e. The number of likely N-dealkylation sites (tertiary alicyclic amines) is 1. The van der Waals surface area contributed by atoms with Crippen molar-refractivity contribution in [2.75, 3.05) is 0 Å². The zero-order valence-corrected chi connectivity index (χ0v) is 9.74. The number of hydrogen-bond acceptors (Lipinski definition) is 2. The van der Waals surface area contributed by atoms with Crippen molar-refractivity contribution in [1.82, 2.24) is 4.90 Å². The van der Waals surface area contributed by atoms with E-state index in [1.165, 1.54) is 12.0 Å². The molecule has 0 aromatic carbocycles. The average Bonchev–Trinajstić information content (AvgIpc) is 2.71. The SMILES string of the molecule is C=C1C[C@@H]2C[C@H]1[C@@H]1[C@H]2N1C(=O)c1cccs1. The number of carbonyl (C=O) groups excluding carboxylic acids is 1.